The predicted octanol–water partition coefficient (Wildman–Crippen LogP) is 5.92. The molecule has 2 aromatic heterocycles. The largest absolute Gasteiger partial charge is 0.460 e. The maximum atomic E-state index is 5.48. The molecule has 0 atom stereocenters. The normalized spacial score (nSPS) is 11.6. The molecule has 0 fully saturated rings. The van der Waals surface area contributed by atoms with Crippen LogP contribution >= 0.6 is 11.3 Å². The summed E-state index contributed by atoms with van der Waals surface area (Å²) in [5, 5.41) is 1.03. The maximum absolute atomic E-state index is 5.48. The Morgan fingerprint density at radius 1 is 1.00 bits per heavy atom. The average Bonchev–Trinajstić information content (AvgIpc) is 3.19. The number of aromatic nitrogens is 1. The molecule has 2 heterocycles. The van der Waals surface area contributed by atoms with Gasteiger partial charge in [0.15, 0.2) is 0 Å². The highest BCUT2D eigenvalue weighted by molar-refractivity contribution is 7.21. The van der Waals surface area contributed by atoms with Gasteiger partial charge in [-0.05, 0) is 67.9 Å². The summed E-state index contributed by atoms with van der Waals surface area (Å²) in [6.07, 6.45) is 1.74. The molecule has 0 bridgehead atoms. The van der Waals surface area contributed by atoms with E-state index in [1.54, 1.807) is 17.6 Å². The van der Waals surface area contributed by atoms with Crippen molar-refractivity contribution in [3.05, 3.63) is 71.7 Å². The van der Waals surface area contributed by atoms with E-state index in [9.17, 15) is 0 Å². The van der Waals surface area contributed by atoms with Crippen molar-refractivity contribution in [3.8, 4) is 10.6 Å². The fourth-order valence-electron chi connectivity index (χ4n) is 2.51. The summed E-state index contributed by atoms with van der Waals surface area (Å²) >= 11 is 1.72. The molecule has 2 aromatic carbocycles. The highest BCUT2D eigenvalue weighted by Crippen LogP contribution is 2.31. The zero-order chi connectivity index (χ0) is 16.5. The summed E-state index contributed by atoms with van der Waals surface area (Å²) in [5.41, 5.74) is 4.32. The second kappa shape index (κ2) is 6.06. The minimum atomic E-state index is 0.762. The van der Waals surface area contributed by atoms with Gasteiger partial charge in [-0.1, -0.05) is 6.07 Å². The Kier molecular flexibility index (Phi) is 3.75. The maximum Gasteiger partial charge on any atom is 0.145 e. The van der Waals surface area contributed by atoms with Crippen molar-refractivity contribution in [2.24, 2.45) is 4.99 Å². The van der Waals surface area contributed by atoms with E-state index in [0.29, 0.717) is 0 Å². The van der Waals surface area contributed by atoms with Crippen LogP contribution in [0.3, 0.4) is 0 Å². The van der Waals surface area contributed by atoms with Crippen LogP contribution in [-0.4, -0.2) is 11.2 Å². The molecule has 24 heavy (non-hydrogen) atoms. The van der Waals surface area contributed by atoms with Crippen LogP contribution < -0.4 is 0 Å². The first-order chi connectivity index (χ1) is 11.7. The molecule has 4 rings (SSSR count). The van der Waals surface area contributed by atoms with Crippen LogP contribution in [0, 0.1) is 13.8 Å². The van der Waals surface area contributed by atoms with Crippen LogP contribution in [0.25, 0.3) is 20.8 Å². The summed E-state index contributed by atoms with van der Waals surface area (Å²) in [7, 11) is 0. The first kappa shape index (κ1) is 14.8. The fraction of sp³-hybridized carbons (Fsp3) is 0.100. The molecular weight excluding hydrogens is 316 g/mol. The van der Waals surface area contributed by atoms with E-state index >= 15 is 0 Å². The molecule has 0 radical (unpaired) electrons. The second-order valence-corrected chi connectivity index (χ2v) is 6.77. The highest BCUT2D eigenvalue weighted by atomic mass is 32.1. The van der Waals surface area contributed by atoms with E-state index in [2.05, 4.69) is 42.2 Å². The second-order valence-electron chi connectivity index (χ2n) is 5.74. The van der Waals surface area contributed by atoms with Gasteiger partial charge < -0.3 is 4.42 Å². The molecule has 118 valence electrons. The molecule has 0 saturated heterocycles. The van der Waals surface area contributed by atoms with E-state index in [0.717, 1.165) is 33.3 Å². The summed E-state index contributed by atoms with van der Waals surface area (Å²) < 4.78 is 6.71. The van der Waals surface area contributed by atoms with E-state index in [4.69, 9.17) is 9.40 Å². The van der Waals surface area contributed by atoms with Gasteiger partial charge >= 0.3 is 0 Å². The third kappa shape index (κ3) is 3.01. The number of hydrogen-bond donors (Lipinski definition) is 0. The molecule has 0 aliphatic rings. The number of thiazole rings is 1. The summed E-state index contributed by atoms with van der Waals surface area (Å²) in [4.78, 5) is 9.16. The van der Waals surface area contributed by atoms with Crippen molar-refractivity contribution in [1.29, 1.82) is 0 Å². The number of furan rings is 1. The Hall–Kier alpha value is -2.72. The number of hydrogen-bond acceptors (Lipinski definition) is 4. The van der Waals surface area contributed by atoms with Crippen molar-refractivity contribution in [2.45, 2.75) is 13.8 Å². The van der Waals surface area contributed by atoms with Gasteiger partial charge in [-0.3, -0.25) is 4.99 Å². The molecule has 0 amide bonds. The zero-order valence-electron chi connectivity index (χ0n) is 13.5. The molecule has 0 spiro atoms. The minimum Gasteiger partial charge on any atom is -0.460 e. The van der Waals surface area contributed by atoms with Crippen LogP contribution in [0.2, 0.25) is 0 Å². The third-order valence-corrected chi connectivity index (χ3v) is 4.83. The lowest BCUT2D eigenvalue weighted by Gasteiger charge is -1.97. The number of rotatable bonds is 3. The highest BCUT2D eigenvalue weighted by Gasteiger charge is 2.06. The first-order valence-electron chi connectivity index (χ1n) is 7.75. The molecule has 0 unspecified atom stereocenters. The first-order valence-corrected chi connectivity index (χ1v) is 8.57. The van der Waals surface area contributed by atoms with Crippen molar-refractivity contribution in [2.75, 3.05) is 0 Å². The van der Waals surface area contributed by atoms with Crippen molar-refractivity contribution < 1.29 is 4.42 Å². The monoisotopic (exact) mass is 332 g/mol. The molecule has 0 aliphatic carbocycles. The van der Waals surface area contributed by atoms with Crippen molar-refractivity contribution in [1.82, 2.24) is 4.98 Å². The molecule has 4 aromatic rings. The van der Waals surface area contributed by atoms with E-state index < -0.39 is 0 Å². The molecule has 0 saturated carbocycles. The third-order valence-electron chi connectivity index (χ3n) is 3.76. The van der Waals surface area contributed by atoms with Crippen molar-refractivity contribution in [3.63, 3.8) is 0 Å². The number of aryl methyl sites for hydroxylation is 2. The average molecular weight is 332 g/mol. The number of fused-ring (bicyclic) bond motifs is 1. The van der Waals surface area contributed by atoms with E-state index in [-0.39, 0.29) is 0 Å². The Morgan fingerprint density at radius 3 is 2.58 bits per heavy atom. The smallest absolute Gasteiger partial charge is 0.145 e. The standard InChI is InChI=1S/C20H16N2OS/c1-13-3-10-18-19(11-13)24-20(22-18)15-5-7-16(8-6-15)21-12-17-9-4-14(2)23-17/h3-12H,1-2H3. The van der Waals surface area contributed by atoms with Crippen molar-refractivity contribution >= 4 is 33.5 Å². The van der Waals surface area contributed by atoms with Gasteiger partial charge in [0.1, 0.15) is 16.5 Å². The van der Waals surface area contributed by atoms with Crippen LogP contribution in [0.1, 0.15) is 17.1 Å². The molecule has 0 aliphatic heterocycles. The van der Waals surface area contributed by atoms with Gasteiger partial charge in [-0.25, -0.2) is 4.98 Å². The Bertz CT molecular complexity index is 1030. The van der Waals surface area contributed by atoms with Crippen LogP contribution in [0.4, 0.5) is 5.69 Å². The quantitative estimate of drug-likeness (QED) is 0.436. The van der Waals surface area contributed by atoms with E-state index in [1.807, 2.05) is 31.2 Å². The summed E-state index contributed by atoms with van der Waals surface area (Å²) in [6.45, 7) is 4.03. The van der Waals surface area contributed by atoms with Gasteiger partial charge in [-0.15, -0.1) is 11.3 Å². The van der Waals surface area contributed by atoms with Crippen LogP contribution in [-0.2, 0) is 0 Å². The number of benzene rings is 2. The molecular formula is C20H16N2OS. The minimum absolute atomic E-state index is 0.762. The topological polar surface area (TPSA) is 38.4 Å². The SMILES string of the molecule is Cc1ccc2nc(-c3ccc(N=Cc4ccc(C)o4)cc3)sc2c1. The Morgan fingerprint density at radius 2 is 1.83 bits per heavy atom. The molecule has 3 nitrogen and oxygen atoms in total. The summed E-state index contributed by atoms with van der Waals surface area (Å²) in [6, 6.07) is 18.3. The predicted molar refractivity (Wildman–Crippen MR) is 100 cm³/mol. The lowest BCUT2D eigenvalue weighted by Crippen LogP contribution is -1.77. The van der Waals surface area contributed by atoms with Crippen LogP contribution in [0.15, 0.2) is 64.0 Å². The number of aliphatic imine (C=N–C) groups is 1. The van der Waals surface area contributed by atoms with Gasteiger partial charge in [0.05, 0.1) is 22.1 Å². The Labute approximate surface area is 144 Å². The lowest BCUT2D eigenvalue weighted by atomic mass is 10.2. The molecule has 4 heteroatoms. The molecule has 0 N–H and O–H groups in total. The van der Waals surface area contributed by atoms with Gasteiger partial charge in [-0.2, -0.15) is 0 Å². The zero-order valence-corrected chi connectivity index (χ0v) is 14.3. The summed E-state index contributed by atoms with van der Waals surface area (Å²) in [5.74, 6) is 1.65. The van der Waals surface area contributed by atoms with Gasteiger partial charge in [0, 0.05) is 5.56 Å². The van der Waals surface area contributed by atoms with Gasteiger partial charge in [0.2, 0.25) is 0 Å². The Balaban J connectivity index is 1.59. The van der Waals surface area contributed by atoms with E-state index in [1.165, 1.54) is 10.3 Å². The lowest BCUT2D eigenvalue weighted by molar-refractivity contribution is 0.528. The number of nitrogens with zero attached hydrogens (tertiary/aromatic N) is 2. The van der Waals surface area contributed by atoms with Crippen LogP contribution in [0.5, 0.6) is 0 Å². The van der Waals surface area contributed by atoms with Gasteiger partial charge in [0.25, 0.3) is 0 Å². The fourth-order valence-corrected chi connectivity index (χ4v) is 3.58.